The summed E-state index contributed by atoms with van der Waals surface area (Å²) in [7, 11) is 0. The van der Waals surface area contributed by atoms with Gasteiger partial charge in [0.1, 0.15) is 11.3 Å². The number of rotatable bonds is 8. The van der Waals surface area contributed by atoms with Gasteiger partial charge >= 0.3 is 6.18 Å². The van der Waals surface area contributed by atoms with E-state index in [2.05, 4.69) is 30.2 Å². The number of halogens is 5. The molecule has 8 nitrogen and oxygen atoms in total. The Hall–Kier alpha value is -2.63. The third kappa shape index (κ3) is 6.41. The Balaban J connectivity index is 1.30. The first-order valence-corrected chi connectivity index (χ1v) is 14.7. The molecule has 1 N–H and O–H groups in total. The largest absolute Gasteiger partial charge is 0.437 e. The molecule has 2 aliphatic heterocycles. The van der Waals surface area contributed by atoms with Crippen LogP contribution in [0.1, 0.15) is 50.9 Å². The molecule has 2 unspecified atom stereocenters. The maximum Gasteiger partial charge on any atom is 0.437 e. The van der Waals surface area contributed by atoms with Crippen molar-refractivity contribution in [2.75, 3.05) is 44.2 Å². The summed E-state index contributed by atoms with van der Waals surface area (Å²) >= 11 is 12.4. The summed E-state index contributed by atoms with van der Waals surface area (Å²) in [5.74, 6) is 1.56. The molecule has 4 heterocycles. The van der Waals surface area contributed by atoms with E-state index in [1.807, 2.05) is 13.8 Å². The number of carbonyl (C=O) groups excluding carboxylic acids is 1. The predicted octanol–water partition coefficient (Wildman–Crippen LogP) is 5.68. The average molecular weight is 613 g/mol. The van der Waals surface area contributed by atoms with Gasteiger partial charge in [0.25, 0.3) is 0 Å². The highest BCUT2D eigenvalue weighted by molar-refractivity contribution is 6.35. The highest BCUT2D eigenvalue weighted by atomic mass is 35.5. The molecular weight excluding hydrogens is 578 g/mol. The van der Waals surface area contributed by atoms with Crippen LogP contribution in [-0.2, 0) is 11.0 Å². The van der Waals surface area contributed by atoms with Crippen LogP contribution in [0.3, 0.4) is 0 Å². The Morgan fingerprint density at radius 2 is 1.90 bits per heavy atom. The van der Waals surface area contributed by atoms with Crippen LogP contribution in [-0.4, -0.2) is 69.8 Å². The standard InChI is InChI=1S/C28H34Cl2F3N7O/c1-16(2)27(41)34-8-10-38-9-4-5-18(13-38)19-14-39(15-19)23-12-35-24-25(28(31,32)33)37-40(26(24)36-23)17(3)21-7-6-20(29)11-22(21)30/h6-7,11-12,16-19H,4-5,8-10,13-15H2,1-3H3,(H,34,41). The van der Waals surface area contributed by atoms with Crippen LogP contribution in [0.4, 0.5) is 19.0 Å². The van der Waals surface area contributed by atoms with E-state index in [4.69, 9.17) is 23.2 Å². The molecule has 222 valence electrons. The van der Waals surface area contributed by atoms with Gasteiger partial charge in [-0.15, -0.1) is 0 Å². The molecule has 0 spiro atoms. The van der Waals surface area contributed by atoms with Gasteiger partial charge in [-0.1, -0.05) is 43.1 Å². The fourth-order valence-corrected chi connectivity index (χ4v) is 6.27. The average Bonchev–Trinajstić information content (AvgIpc) is 3.27. The molecule has 2 aromatic heterocycles. The molecule has 1 amide bonds. The Labute approximate surface area is 247 Å². The van der Waals surface area contributed by atoms with Crippen molar-refractivity contribution in [3.8, 4) is 0 Å². The molecule has 0 bridgehead atoms. The summed E-state index contributed by atoms with van der Waals surface area (Å²) in [6, 6.07) is 4.24. The minimum absolute atomic E-state index is 0.0236. The van der Waals surface area contributed by atoms with Crippen LogP contribution < -0.4 is 10.2 Å². The summed E-state index contributed by atoms with van der Waals surface area (Å²) in [6.45, 7) is 10.5. The maximum absolute atomic E-state index is 13.9. The molecule has 3 aromatic rings. The quantitative estimate of drug-likeness (QED) is 0.353. The lowest BCUT2D eigenvalue weighted by atomic mass is 9.80. The van der Waals surface area contributed by atoms with Crippen molar-refractivity contribution in [1.82, 2.24) is 30.0 Å². The second kappa shape index (κ2) is 11.9. The van der Waals surface area contributed by atoms with E-state index < -0.39 is 17.9 Å². The Kier molecular flexibility index (Phi) is 8.69. The van der Waals surface area contributed by atoms with Crippen LogP contribution in [0.15, 0.2) is 24.4 Å². The van der Waals surface area contributed by atoms with E-state index in [-0.39, 0.29) is 23.0 Å². The van der Waals surface area contributed by atoms with Crippen molar-refractivity contribution < 1.29 is 18.0 Å². The van der Waals surface area contributed by atoms with Gasteiger partial charge in [0.05, 0.1) is 12.2 Å². The topological polar surface area (TPSA) is 79.2 Å². The third-order valence-electron chi connectivity index (χ3n) is 8.13. The molecule has 2 atom stereocenters. The molecule has 2 saturated heterocycles. The lowest BCUT2D eigenvalue weighted by molar-refractivity contribution is -0.140. The number of amides is 1. The van der Waals surface area contributed by atoms with Crippen molar-refractivity contribution in [2.45, 2.75) is 45.8 Å². The molecule has 0 aliphatic carbocycles. The summed E-state index contributed by atoms with van der Waals surface area (Å²) in [5, 5.41) is 7.67. The second-order valence-electron chi connectivity index (χ2n) is 11.3. The van der Waals surface area contributed by atoms with Gasteiger partial charge in [0.15, 0.2) is 11.3 Å². The lowest BCUT2D eigenvalue weighted by Crippen LogP contribution is -2.54. The monoisotopic (exact) mass is 611 g/mol. The molecule has 0 radical (unpaired) electrons. The van der Waals surface area contributed by atoms with E-state index in [1.165, 1.54) is 10.9 Å². The number of piperidine rings is 1. The maximum atomic E-state index is 13.9. The predicted molar refractivity (Wildman–Crippen MR) is 153 cm³/mol. The molecule has 0 saturated carbocycles. The van der Waals surface area contributed by atoms with Crippen molar-refractivity contribution in [3.05, 3.63) is 45.7 Å². The fraction of sp³-hybridized carbons (Fsp3) is 0.571. The summed E-state index contributed by atoms with van der Waals surface area (Å²) < 4.78 is 42.9. The first-order valence-electron chi connectivity index (χ1n) is 13.9. The third-order valence-corrected chi connectivity index (χ3v) is 8.69. The number of likely N-dealkylation sites (tertiary alicyclic amines) is 1. The minimum Gasteiger partial charge on any atom is -0.355 e. The number of carbonyl (C=O) groups is 1. The Bertz CT molecular complexity index is 1410. The minimum atomic E-state index is -4.69. The number of nitrogens with one attached hydrogen (secondary N) is 1. The Morgan fingerprint density at radius 1 is 1.15 bits per heavy atom. The first-order chi connectivity index (χ1) is 19.4. The zero-order valence-electron chi connectivity index (χ0n) is 23.3. The van der Waals surface area contributed by atoms with Gasteiger partial charge in [-0.05, 0) is 55.8 Å². The number of aromatic nitrogens is 4. The number of nitrogens with zero attached hydrogens (tertiary/aromatic N) is 6. The van der Waals surface area contributed by atoms with Gasteiger partial charge in [-0.25, -0.2) is 14.6 Å². The number of hydrogen-bond donors (Lipinski definition) is 1. The molecule has 2 fully saturated rings. The van der Waals surface area contributed by atoms with Gasteiger partial charge in [-0.3, -0.25) is 4.79 Å². The number of fused-ring (bicyclic) bond motifs is 1. The van der Waals surface area contributed by atoms with E-state index in [0.29, 0.717) is 39.8 Å². The van der Waals surface area contributed by atoms with Crippen LogP contribution in [0.25, 0.3) is 11.2 Å². The summed E-state index contributed by atoms with van der Waals surface area (Å²) in [6.07, 6.45) is -1.03. The van der Waals surface area contributed by atoms with E-state index in [9.17, 15) is 18.0 Å². The number of benzene rings is 1. The fourth-order valence-electron chi connectivity index (χ4n) is 5.70. The smallest absolute Gasteiger partial charge is 0.355 e. The second-order valence-corrected chi connectivity index (χ2v) is 12.2. The number of anilines is 1. The van der Waals surface area contributed by atoms with E-state index >= 15 is 0 Å². The van der Waals surface area contributed by atoms with Crippen LogP contribution in [0, 0.1) is 17.8 Å². The van der Waals surface area contributed by atoms with Gasteiger partial charge in [0, 0.05) is 48.7 Å². The van der Waals surface area contributed by atoms with E-state index in [0.717, 1.165) is 45.6 Å². The van der Waals surface area contributed by atoms with Crippen molar-refractivity contribution in [2.24, 2.45) is 17.8 Å². The van der Waals surface area contributed by atoms with Crippen LogP contribution >= 0.6 is 23.2 Å². The van der Waals surface area contributed by atoms with Crippen LogP contribution in [0.5, 0.6) is 0 Å². The van der Waals surface area contributed by atoms with Gasteiger partial charge < -0.3 is 15.1 Å². The van der Waals surface area contributed by atoms with Gasteiger partial charge in [0.2, 0.25) is 5.91 Å². The lowest BCUT2D eigenvalue weighted by Gasteiger charge is -2.47. The number of hydrogen-bond acceptors (Lipinski definition) is 6. The molecule has 5 rings (SSSR count). The zero-order valence-corrected chi connectivity index (χ0v) is 24.8. The molecule has 41 heavy (non-hydrogen) atoms. The highest BCUT2D eigenvalue weighted by Crippen LogP contribution is 2.38. The first kappa shape index (κ1) is 29.8. The molecule has 2 aliphatic rings. The highest BCUT2D eigenvalue weighted by Gasteiger charge is 2.40. The summed E-state index contributed by atoms with van der Waals surface area (Å²) in [5.41, 5.74) is -0.722. The van der Waals surface area contributed by atoms with Crippen LogP contribution in [0.2, 0.25) is 10.0 Å². The summed E-state index contributed by atoms with van der Waals surface area (Å²) in [4.78, 5) is 25.1. The zero-order chi connectivity index (χ0) is 29.5. The normalized spacial score (nSPS) is 19.5. The molecular formula is C28H34Cl2F3N7O. The van der Waals surface area contributed by atoms with Crippen molar-refractivity contribution in [3.63, 3.8) is 0 Å². The van der Waals surface area contributed by atoms with Crippen molar-refractivity contribution >= 4 is 46.1 Å². The van der Waals surface area contributed by atoms with E-state index in [1.54, 1.807) is 25.1 Å². The number of alkyl halides is 3. The Morgan fingerprint density at radius 3 is 2.59 bits per heavy atom. The molecule has 1 aromatic carbocycles. The SMILES string of the molecule is CC(C)C(=O)NCCN1CCCC(C2CN(c3cnc4c(C(F)(F)F)nn(C(C)c5ccc(Cl)cc5Cl)c4n3)C2)C1. The van der Waals surface area contributed by atoms with Gasteiger partial charge in [-0.2, -0.15) is 18.3 Å². The van der Waals surface area contributed by atoms with Crippen molar-refractivity contribution in [1.29, 1.82) is 0 Å². The molecule has 13 heteroatoms.